The van der Waals surface area contributed by atoms with E-state index in [1.807, 2.05) is 0 Å². The van der Waals surface area contributed by atoms with E-state index in [1.165, 1.54) is 0 Å². The molecule has 0 aliphatic heterocycles. The monoisotopic (exact) mass is 187 g/mol. The van der Waals surface area contributed by atoms with Crippen molar-refractivity contribution in [3.8, 4) is 0 Å². The fraction of sp³-hybridized carbons (Fsp3) is 1.00. The molecule has 1 aliphatic carbocycles. The van der Waals surface area contributed by atoms with Gasteiger partial charge >= 0.3 is 0 Å². The molecule has 1 rings (SSSR count). The lowest BCUT2D eigenvalue weighted by molar-refractivity contribution is 0.0883. The van der Waals surface area contributed by atoms with Gasteiger partial charge in [0.05, 0.1) is 12.7 Å². The van der Waals surface area contributed by atoms with Crippen LogP contribution in [-0.4, -0.2) is 37.0 Å². The number of hydrogen-bond acceptors (Lipinski definition) is 3. The highest BCUT2D eigenvalue weighted by molar-refractivity contribution is 4.96. The molecule has 78 valence electrons. The maximum Gasteiger partial charge on any atom is 0.0614 e. The Hall–Kier alpha value is -0.120. The Bertz CT molecular complexity index is 152. The summed E-state index contributed by atoms with van der Waals surface area (Å²) in [6.07, 6.45) is 4.48. The molecule has 0 radical (unpaired) electrons. The molecule has 0 heterocycles. The molecule has 0 bridgehead atoms. The zero-order chi connectivity index (χ0) is 9.73. The largest absolute Gasteiger partial charge is 0.394 e. The maximum atomic E-state index is 9.34. The Morgan fingerprint density at radius 2 is 2.38 bits per heavy atom. The van der Waals surface area contributed by atoms with Crippen molar-refractivity contribution < 1.29 is 9.84 Å². The quantitative estimate of drug-likeness (QED) is 0.672. The predicted octanol–water partition coefficient (Wildman–Crippen LogP) is 0.916. The number of aliphatic hydroxyl groups is 1. The average molecular weight is 187 g/mol. The van der Waals surface area contributed by atoms with E-state index in [-0.39, 0.29) is 12.1 Å². The van der Waals surface area contributed by atoms with Crippen LogP contribution in [0, 0.1) is 0 Å². The second kappa shape index (κ2) is 4.94. The second-order valence-corrected chi connectivity index (χ2v) is 3.97. The van der Waals surface area contributed by atoms with Crippen molar-refractivity contribution in [3.05, 3.63) is 0 Å². The Kier molecular flexibility index (Phi) is 4.16. The van der Waals surface area contributed by atoms with E-state index in [4.69, 9.17) is 4.74 Å². The van der Waals surface area contributed by atoms with Crippen molar-refractivity contribution >= 4 is 0 Å². The number of rotatable bonds is 5. The van der Waals surface area contributed by atoms with Gasteiger partial charge < -0.3 is 15.2 Å². The molecule has 13 heavy (non-hydrogen) atoms. The van der Waals surface area contributed by atoms with Gasteiger partial charge in [0, 0.05) is 12.6 Å². The lowest BCUT2D eigenvalue weighted by Crippen LogP contribution is -2.47. The lowest BCUT2D eigenvalue weighted by atomic mass is 9.98. The van der Waals surface area contributed by atoms with Crippen LogP contribution in [0.3, 0.4) is 0 Å². The van der Waals surface area contributed by atoms with Crippen LogP contribution in [0.4, 0.5) is 0 Å². The SMILES string of the molecule is CCCNC1(CO)CCC(OC)C1. The highest BCUT2D eigenvalue weighted by Gasteiger charge is 2.37. The molecule has 0 aromatic carbocycles. The van der Waals surface area contributed by atoms with E-state index in [0.29, 0.717) is 6.10 Å². The molecular formula is C10H21NO2. The van der Waals surface area contributed by atoms with Crippen molar-refractivity contribution in [1.82, 2.24) is 5.32 Å². The first-order chi connectivity index (χ1) is 6.26. The van der Waals surface area contributed by atoms with Gasteiger partial charge in [-0.25, -0.2) is 0 Å². The average Bonchev–Trinajstić information content (AvgIpc) is 2.59. The zero-order valence-corrected chi connectivity index (χ0v) is 8.68. The minimum atomic E-state index is -0.0588. The van der Waals surface area contributed by atoms with Gasteiger partial charge in [-0.2, -0.15) is 0 Å². The van der Waals surface area contributed by atoms with Gasteiger partial charge in [0.25, 0.3) is 0 Å². The summed E-state index contributed by atoms with van der Waals surface area (Å²) in [5.74, 6) is 0. The van der Waals surface area contributed by atoms with Crippen LogP contribution in [0.2, 0.25) is 0 Å². The third kappa shape index (κ3) is 2.66. The van der Waals surface area contributed by atoms with Crippen molar-refractivity contribution in [2.24, 2.45) is 0 Å². The summed E-state index contributed by atoms with van der Waals surface area (Å²) in [6, 6.07) is 0. The normalized spacial score (nSPS) is 33.9. The molecule has 1 aliphatic rings. The molecule has 3 heteroatoms. The summed E-state index contributed by atoms with van der Waals surface area (Å²) in [7, 11) is 1.75. The first-order valence-electron chi connectivity index (χ1n) is 5.15. The van der Waals surface area contributed by atoms with Gasteiger partial charge in [0.2, 0.25) is 0 Å². The maximum absolute atomic E-state index is 9.34. The van der Waals surface area contributed by atoms with Crippen molar-refractivity contribution in [1.29, 1.82) is 0 Å². The van der Waals surface area contributed by atoms with E-state index in [9.17, 15) is 5.11 Å². The number of ether oxygens (including phenoxy) is 1. The molecule has 0 spiro atoms. The number of methoxy groups -OCH3 is 1. The molecule has 3 nitrogen and oxygen atoms in total. The van der Waals surface area contributed by atoms with Gasteiger partial charge in [0.15, 0.2) is 0 Å². The van der Waals surface area contributed by atoms with Crippen LogP contribution in [0.5, 0.6) is 0 Å². The number of aliphatic hydroxyl groups excluding tert-OH is 1. The minimum Gasteiger partial charge on any atom is -0.394 e. The topological polar surface area (TPSA) is 41.5 Å². The lowest BCUT2D eigenvalue weighted by Gasteiger charge is -2.28. The summed E-state index contributed by atoms with van der Waals surface area (Å²) < 4.78 is 5.30. The molecule has 0 aromatic rings. The van der Waals surface area contributed by atoms with Crippen molar-refractivity contribution in [2.45, 2.75) is 44.2 Å². The molecule has 0 saturated heterocycles. The minimum absolute atomic E-state index is 0.0588. The zero-order valence-electron chi connectivity index (χ0n) is 8.68. The summed E-state index contributed by atoms with van der Waals surface area (Å²) in [5.41, 5.74) is -0.0588. The third-order valence-corrected chi connectivity index (χ3v) is 2.95. The molecule has 0 aromatic heterocycles. The van der Waals surface area contributed by atoms with Gasteiger partial charge in [0.1, 0.15) is 0 Å². The molecule has 1 fully saturated rings. The molecular weight excluding hydrogens is 166 g/mol. The predicted molar refractivity (Wildman–Crippen MR) is 52.8 cm³/mol. The Balaban J connectivity index is 2.42. The Morgan fingerprint density at radius 3 is 2.85 bits per heavy atom. The second-order valence-electron chi connectivity index (χ2n) is 3.97. The van der Waals surface area contributed by atoms with Gasteiger partial charge in [-0.1, -0.05) is 6.92 Å². The summed E-state index contributed by atoms with van der Waals surface area (Å²) in [5, 5.41) is 12.8. The highest BCUT2D eigenvalue weighted by Crippen LogP contribution is 2.31. The van der Waals surface area contributed by atoms with Crippen LogP contribution in [0.15, 0.2) is 0 Å². The van der Waals surface area contributed by atoms with Crippen molar-refractivity contribution in [3.63, 3.8) is 0 Å². The van der Waals surface area contributed by atoms with Crippen LogP contribution < -0.4 is 5.32 Å². The molecule has 0 amide bonds. The van der Waals surface area contributed by atoms with E-state index in [1.54, 1.807) is 7.11 Å². The third-order valence-electron chi connectivity index (χ3n) is 2.95. The standard InChI is InChI=1S/C10H21NO2/c1-3-6-11-10(8-12)5-4-9(7-10)13-2/h9,11-12H,3-8H2,1-2H3. The molecule has 2 unspecified atom stereocenters. The summed E-state index contributed by atoms with van der Waals surface area (Å²) >= 11 is 0. The molecule has 2 atom stereocenters. The fourth-order valence-electron chi connectivity index (χ4n) is 2.03. The summed E-state index contributed by atoms with van der Waals surface area (Å²) in [4.78, 5) is 0. The number of nitrogens with one attached hydrogen (secondary N) is 1. The Labute approximate surface area is 80.5 Å². The van der Waals surface area contributed by atoms with Crippen LogP contribution in [0.25, 0.3) is 0 Å². The van der Waals surface area contributed by atoms with Gasteiger partial charge in [-0.05, 0) is 32.2 Å². The van der Waals surface area contributed by atoms with Crippen molar-refractivity contribution in [2.75, 3.05) is 20.3 Å². The highest BCUT2D eigenvalue weighted by atomic mass is 16.5. The number of hydrogen-bond donors (Lipinski definition) is 2. The molecule has 2 N–H and O–H groups in total. The van der Waals surface area contributed by atoms with E-state index < -0.39 is 0 Å². The first-order valence-corrected chi connectivity index (χ1v) is 5.15. The van der Waals surface area contributed by atoms with Crippen LogP contribution >= 0.6 is 0 Å². The Morgan fingerprint density at radius 1 is 1.62 bits per heavy atom. The first kappa shape index (κ1) is 11.0. The molecule has 1 saturated carbocycles. The van der Waals surface area contributed by atoms with E-state index >= 15 is 0 Å². The van der Waals surface area contributed by atoms with Gasteiger partial charge in [-0.3, -0.25) is 0 Å². The summed E-state index contributed by atoms with van der Waals surface area (Å²) in [6.45, 7) is 3.35. The van der Waals surface area contributed by atoms with Crippen LogP contribution in [0.1, 0.15) is 32.6 Å². The fourth-order valence-corrected chi connectivity index (χ4v) is 2.03. The van der Waals surface area contributed by atoms with Crippen LogP contribution in [-0.2, 0) is 4.74 Å². The van der Waals surface area contributed by atoms with E-state index in [0.717, 1.165) is 32.2 Å². The van der Waals surface area contributed by atoms with Gasteiger partial charge in [-0.15, -0.1) is 0 Å². The smallest absolute Gasteiger partial charge is 0.0614 e. The van der Waals surface area contributed by atoms with E-state index in [2.05, 4.69) is 12.2 Å².